The second-order valence-electron chi connectivity index (χ2n) is 7.79. The number of aromatic nitrogens is 2. The van der Waals surface area contributed by atoms with Gasteiger partial charge >= 0.3 is 7.82 Å². The van der Waals surface area contributed by atoms with Crippen molar-refractivity contribution in [3.63, 3.8) is 0 Å². The van der Waals surface area contributed by atoms with E-state index in [1.807, 2.05) is 0 Å². The van der Waals surface area contributed by atoms with Crippen molar-refractivity contribution in [2.75, 3.05) is 12.4 Å². The number of carbonyl (C=O) groups excluding carboxylic acids is 2. The van der Waals surface area contributed by atoms with Gasteiger partial charge in [-0.1, -0.05) is 30.3 Å². The lowest BCUT2D eigenvalue weighted by Gasteiger charge is -2.13. The topological polar surface area (TPSA) is 166 Å². The molecule has 186 valence electrons. The molecular weight excluding hydrogens is 487 g/mol. The van der Waals surface area contributed by atoms with Crippen molar-refractivity contribution in [1.29, 1.82) is 0 Å². The number of phosphoric acid groups is 1. The second kappa shape index (κ2) is 10.2. The van der Waals surface area contributed by atoms with Crippen molar-refractivity contribution < 1.29 is 33.2 Å². The van der Waals surface area contributed by atoms with Gasteiger partial charge in [-0.15, -0.1) is 0 Å². The lowest BCUT2D eigenvalue weighted by atomic mass is 10.1. The number of imidazole rings is 1. The van der Waals surface area contributed by atoms with E-state index in [4.69, 9.17) is 20.3 Å². The number of hydrogen-bond acceptors (Lipinski definition) is 6. The summed E-state index contributed by atoms with van der Waals surface area (Å²) in [6.07, 6.45) is 0.469. The molecule has 3 aromatic carbocycles. The highest BCUT2D eigenvalue weighted by Crippen LogP contribution is 2.37. The van der Waals surface area contributed by atoms with Crippen LogP contribution < -0.4 is 20.3 Å². The fourth-order valence-electron chi connectivity index (χ4n) is 3.70. The van der Waals surface area contributed by atoms with Crippen molar-refractivity contribution in [3.8, 4) is 11.5 Å². The van der Waals surface area contributed by atoms with Crippen molar-refractivity contribution in [2.45, 2.75) is 13.0 Å². The Kier molecular flexibility index (Phi) is 7.07. The number of amides is 2. The Morgan fingerprint density at radius 2 is 1.75 bits per heavy atom. The number of anilines is 1. The summed E-state index contributed by atoms with van der Waals surface area (Å²) in [6.45, 7) is 0.353. The van der Waals surface area contributed by atoms with E-state index in [1.165, 1.54) is 31.4 Å². The van der Waals surface area contributed by atoms with Crippen molar-refractivity contribution in [3.05, 3.63) is 83.4 Å². The maximum absolute atomic E-state index is 12.9. The average Bonchev–Trinajstić information content (AvgIpc) is 3.19. The van der Waals surface area contributed by atoms with E-state index in [9.17, 15) is 14.2 Å². The lowest BCUT2D eigenvalue weighted by Crippen LogP contribution is -2.16. The third kappa shape index (κ3) is 5.72. The zero-order valence-electron chi connectivity index (χ0n) is 19.1. The highest BCUT2D eigenvalue weighted by atomic mass is 31.2. The first kappa shape index (κ1) is 24.9. The zero-order chi connectivity index (χ0) is 25.9. The standard InChI is InChI=1S/C24H23N4O7P/c1-34-20-14-17(22(25)29)13-19-21(20)28(24(26-19)27-23(30)16-5-3-2-4-6-16)12-11-15-7-9-18(10-8-15)35-36(31,32)33/h2-10,13-14H,11-12H2,1H3,(H2,25,29)(H,26,27,30)(H2,31,32,33). The maximum atomic E-state index is 12.9. The number of nitrogens with two attached hydrogens (primary N) is 1. The van der Waals surface area contributed by atoms with Gasteiger partial charge in [-0.3, -0.25) is 24.7 Å². The minimum atomic E-state index is -4.65. The van der Waals surface area contributed by atoms with Crippen LogP contribution in [0.15, 0.2) is 66.7 Å². The molecule has 0 fully saturated rings. The number of carbonyl (C=O) groups is 2. The number of hydrogen-bond donors (Lipinski definition) is 4. The van der Waals surface area contributed by atoms with Crippen LogP contribution in [0.4, 0.5) is 5.95 Å². The van der Waals surface area contributed by atoms with Gasteiger partial charge in [0.05, 0.1) is 12.6 Å². The molecule has 36 heavy (non-hydrogen) atoms. The Balaban J connectivity index is 1.69. The van der Waals surface area contributed by atoms with E-state index in [0.717, 1.165) is 5.56 Å². The number of aryl methyl sites for hydroxylation is 2. The van der Waals surface area contributed by atoms with E-state index in [0.29, 0.717) is 35.3 Å². The minimum Gasteiger partial charge on any atom is -0.494 e. The number of ether oxygens (including phenoxy) is 1. The molecule has 0 aliphatic rings. The number of phosphoric ester groups is 1. The predicted molar refractivity (Wildman–Crippen MR) is 132 cm³/mol. The first-order chi connectivity index (χ1) is 17.1. The fourth-order valence-corrected chi connectivity index (χ4v) is 4.10. The molecular formula is C24H23N4O7P. The molecule has 1 heterocycles. The van der Waals surface area contributed by atoms with Crippen LogP contribution >= 0.6 is 7.82 Å². The summed E-state index contributed by atoms with van der Waals surface area (Å²) in [4.78, 5) is 47.1. The molecule has 0 spiro atoms. The summed E-state index contributed by atoms with van der Waals surface area (Å²) < 4.78 is 22.9. The molecule has 0 radical (unpaired) electrons. The number of methoxy groups -OCH3 is 1. The van der Waals surface area contributed by atoms with E-state index in [-0.39, 0.29) is 23.2 Å². The summed E-state index contributed by atoms with van der Waals surface area (Å²) >= 11 is 0. The van der Waals surface area contributed by atoms with Gasteiger partial charge in [-0.2, -0.15) is 0 Å². The van der Waals surface area contributed by atoms with Gasteiger partial charge in [0.1, 0.15) is 17.0 Å². The molecule has 4 aromatic rings. The molecule has 11 nitrogen and oxygen atoms in total. The molecule has 0 aliphatic carbocycles. The smallest absolute Gasteiger partial charge is 0.494 e. The molecule has 1 aromatic heterocycles. The first-order valence-electron chi connectivity index (χ1n) is 10.7. The summed E-state index contributed by atoms with van der Waals surface area (Å²) in [5.74, 6) is -0.353. The van der Waals surface area contributed by atoms with Gasteiger partial charge in [0.25, 0.3) is 5.91 Å². The molecule has 5 N–H and O–H groups in total. The van der Waals surface area contributed by atoms with Crippen LogP contribution in [0, 0.1) is 0 Å². The van der Waals surface area contributed by atoms with Crippen LogP contribution in [0.2, 0.25) is 0 Å². The van der Waals surface area contributed by atoms with E-state index >= 15 is 0 Å². The molecule has 0 atom stereocenters. The average molecular weight is 510 g/mol. The third-order valence-corrected chi connectivity index (χ3v) is 5.79. The van der Waals surface area contributed by atoms with Crippen LogP contribution in [0.5, 0.6) is 11.5 Å². The molecule has 12 heteroatoms. The van der Waals surface area contributed by atoms with Gasteiger partial charge in [0.15, 0.2) is 0 Å². The molecule has 4 rings (SSSR count). The zero-order valence-corrected chi connectivity index (χ0v) is 20.0. The quantitative estimate of drug-likeness (QED) is 0.249. The number of rotatable bonds is 9. The van der Waals surface area contributed by atoms with Gasteiger partial charge < -0.3 is 19.6 Å². The predicted octanol–water partition coefficient (Wildman–Crippen LogP) is 3.11. The summed E-state index contributed by atoms with van der Waals surface area (Å²) in [7, 11) is -3.19. The largest absolute Gasteiger partial charge is 0.524 e. The van der Waals surface area contributed by atoms with Crippen molar-refractivity contribution >= 4 is 36.6 Å². The Morgan fingerprint density at radius 1 is 1.06 bits per heavy atom. The van der Waals surface area contributed by atoms with Gasteiger partial charge in [-0.05, 0) is 48.4 Å². The van der Waals surface area contributed by atoms with Crippen LogP contribution in [-0.4, -0.2) is 38.3 Å². The molecule has 0 saturated carbocycles. The Bertz CT molecular complexity index is 1460. The highest BCUT2D eigenvalue weighted by molar-refractivity contribution is 7.46. The van der Waals surface area contributed by atoms with Crippen molar-refractivity contribution in [2.24, 2.45) is 5.73 Å². The van der Waals surface area contributed by atoms with Crippen LogP contribution in [0.25, 0.3) is 11.0 Å². The summed E-state index contributed by atoms with van der Waals surface area (Å²) in [6, 6.07) is 18.0. The number of nitrogens with zero attached hydrogens (tertiary/aromatic N) is 2. The van der Waals surface area contributed by atoms with Gasteiger partial charge in [0.2, 0.25) is 11.9 Å². The summed E-state index contributed by atoms with van der Waals surface area (Å²) in [5.41, 5.74) is 7.93. The molecule has 0 unspecified atom stereocenters. The third-order valence-electron chi connectivity index (χ3n) is 5.34. The molecule has 2 amide bonds. The van der Waals surface area contributed by atoms with E-state index in [1.54, 1.807) is 47.0 Å². The van der Waals surface area contributed by atoms with Crippen molar-refractivity contribution in [1.82, 2.24) is 9.55 Å². The normalized spacial score (nSPS) is 11.3. The van der Waals surface area contributed by atoms with Crippen LogP contribution in [0.3, 0.4) is 0 Å². The SMILES string of the molecule is COc1cc(C(N)=O)cc2nc(NC(=O)c3ccccc3)n(CCc3ccc(OP(=O)(O)O)cc3)c12. The Labute approximate surface area is 205 Å². The highest BCUT2D eigenvalue weighted by Gasteiger charge is 2.20. The first-order valence-corrected chi connectivity index (χ1v) is 12.3. The monoisotopic (exact) mass is 510 g/mol. The molecule has 0 aliphatic heterocycles. The van der Waals surface area contributed by atoms with E-state index < -0.39 is 13.7 Å². The second-order valence-corrected chi connectivity index (χ2v) is 8.96. The van der Waals surface area contributed by atoms with Gasteiger partial charge in [0, 0.05) is 17.7 Å². The molecule has 0 saturated heterocycles. The number of fused-ring (bicyclic) bond motifs is 1. The van der Waals surface area contributed by atoms with Crippen LogP contribution in [0.1, 0.15) is 26.3 Å². The Morgan fingerprint density at radius 3 is 2.36 bits per heavy atom. The maximum Gasteiger partial charge on any atom is 0.524 e. The number of benzene rings is 3. The number of nitrogens with one attached hydrogen (secondary N) is 1. The fraction of sp³-hybridized carbons (Fsp3) is 0.125. The Hall–Kier alpha value is -4.18. The summed E-state index contributed by atoms with van der Waals surface area (Å²) in [5, 5.41) is 2.82. The van der Waals surface area contributed by atoms with Crippen LogP contribution in [-0.2, 0) is 17.5 Å². The van der Waals surface area contributed by atoms with E-state index in [2.05, 4.69) is 14.8 Å². The number of primary amides is 1. The minimum absolute atomic E-state index is 0.0385. The lowest BCUT2D eigenvalue weighted by molar-refractivity contribution is 0.0997. The molecule has 0 bridgehead atoms. The van der Waals surface area contributed by atoms with Gasteiger partial charge in [-0.25, -0.2) is 9.55 Å².